The van der Waals surface area contributed by atoms with E-state index in [0.717, 1.165) is 5.75 Å². The van der Waals surface area contributed by atoms with Gasteiger partial charge in [-0.05, 0) is 42.7 Å². The van der Waals surface area contributed by atoms with Crippen LogP contribution in [0.5, 0.6) is 5.75 Å². The highest BCUT2D eigenvalue weighted by Gasteiger charge is 2.17. The van der Waals surface area contributed by atoms with E-state index in [1.165, 1.54) is 35.8 Å². The Bertz CT molecular complexity index is 498. The van der Waals surface area contributed by atoms with Crippen molar-refractivity contribution in [2.75, 3.05) is 7.11 Å². The molecule has 78 valence electrons. The van der Waals surface area contributed by atoms with Gasteiger partial charge in [-0.1, -0.05) is 12.1 Å². The van der Waals surface area contributed by atoms with Gasteiger partial charge in [0.15, 0.2) is 0 Å². The number of rotatable bonds is 1. The summed E-state index contributed by atoms with van der Waals surface area (Å²) >= 11 is 1.93. The first kappa shape index (κ1) is 9.22. The van der Waals surface area contributed by atoms with Crippen LogP contribution in [0, 0.1) is 0 Å². The summed E-state index contributed by atoms with van der Waals surface area (Å²) in [6, 6.07) is 6.39. The molecule has 0 saturated heterocycles. The van der Waals surface area contributed by atoms with E-state index in [1.54, 1.807) is 17.6 Å². The minimum absolute atomic E-state index is 1.03. The molecule has 1 heterocycles. The van der Waals surface area contributed by atoms with Gasteiger partial charge in [-0.2, -0.15) is 0 Å². The molecule has 0 atom stereocenters. The SMILES string of the molecule is COc1cccc2c3c(sc12)CCCC3. The summed E-state index contributed by atoms with van der Waals surface area (Å²) in [7, 11) is 1.76. The van der Waals surface area contributed by atoms with Crippen molar-refractivity contribution >= 4 is 21.4 Å². The minimum Gasteiger partial charge on any atom is -0.495 e. The van der Waals surface area contributed by atoms with Crippen LogP contribution >= 0.6 is 11.3 Å². The zero-order chi connectivity index (χ0) is 10.3. The van der Waals surface area contributed by atoms with Gasteiger partial charge in [0.2, 0.25) is 0 Å². The lowest BCUT2D eigenvalue weighted by molar-refractivity contribution is 0.420. The molecule has 0 fully saturated rings. The molecule has 0 aliphatic heterocycles. The second-order valence-electron chi connectivity index (χ2n) is 4.05. The first-order valence-corrected chi connectivity index (χ1v) is 6.29. The Balaban J connectivity index is 2.31. The average Bonchev–Trinajstić information content (AvgIpc) is 2.67. The molecule has 0 amide bonds. The maximum absolute atomic E-state index is 5.42. The first-order chi connectivity index (χ1) is 7.40. The molecule has 0 spiro atoms. The second-order valence-corrected chi connectivity index (χ2v) is 5.15. The number of methoxy groups -OCH3 is 1. The number of benzene rings is 1. The van der Waals surface area contributed by atoms with E-state index >= 15 is 0 Å². The minimum atomic E-state index is 1.03. The summed E-state index contributed by atoms with van der Waals surface area (Å²) in [5.74, 6) is 1.03. The van der Waals surface area contributed by atoms with Crippen molar-refractivity contribution in [1.82, 2.24) is 0 Å². The number of hydrogen-bond acceptors (Lipinski definition) is 2. The summed E-state index contributed by atoms with van der Waals surface area (Å²) in [5.41, 5.74) is 1.58. The normalized spacial score (nSPS) is 15.3. The van der Waals surface area contributed by atoms with Crippen LogP contribution in [0.4, 0.5) is 0 Å². The summed E-state index contributed by atoms with van der Waals surface area (Å²) in [6.07, 6.45) is 5.21. The molecular weight excluding hydrogens is 204 g/mol. The second kappa shape index (κ2) is 3.53. The fourth-order valence-corrected chi connectivity index (χ4v) is 3.80. The Hall–Kier alpha value is -1.02. The van der Waals surface area contributed by atoms with E-state index in [2.05, 4.69) is 18.2 Å². The number of aryl methyl sites for hydroxylation is 2. The maximum atomic E-state index is 5.42. The zero-order valence-corrected chi connectivity index (χ0v) is 9.69. The summed E-state index contributed by atoms with van der Waals surface area (Å²) in [5, 5.41) is 1.43. The summed E-state index contributed by atoms with van der Waals surface area (Å²) in [4.78, 5) is 1.58. The van der Waals surface area contributed by atoms with Crippen molar-refractivity contribution in [2.45, 2.75) is 25.7 Å². The molecule has 0 unspecified atom stereocenters. The van der Waals surface area contributed by atoms with E-state index in [9.17, 15) is 0 Å². The summed E-state index contributed by atoms with van der Waals surface area (Å²) < 4.78 is 6.76. The van der Waals surface area contributed by atoms with Crippen LogP contribution in [0.25, 0.3) is 10.1 Å². The van der Waals surface area contributed by atoms with Crippen LogP contribution in [-0.2, 0) is 12.8 Å². The van der Waals surface area contributed by atoms with Crippen molar-refractivity contribution in [3.63, 3.8) is 0 Å². The number of hydrogen-bond donors (Lipinski definition) is 0. The summed E-state index contributed by atoms with van der Waals surface area (Å²) in [6.45, 7) is 0. The van der Waals surface area contributed by atoms with E-state index in [4.69, 9.17) is 4.74 Å². The molecule has 1 aromatic carbocycles. The van der Waals surface area contributed by atoms with Gasteiger partial charge in [0.25, 0.3) is 0 Å². The van der Waals surface area contributed by atoms with Crippen molar-refractivity contribution in [1.29, 1.82) is 0 Å². The monoisotopic (exact) mass is 218 g/mol. The molecule has 3 rings (SSSR count). The molecule has 2 heteroatoms. The standard InChI is InChI=1S/C13H14OS/c1-14-11-7-4-6-10-9-5-2-3-8-12(9)15-13(10)11/h4,6-7H,2-3,5,8H2,1H3. The van der Waals surface area contributed by atoms with Crippen molar-refractivity contribution in [3.8, 4) is 5.75 Å². The Kier molecular flexibility index (Phi) is 2.17. The molecule has 0 radical (unpaired) electrons. The van der Waals surface area contributed by atoms with E-state index < -0.39 is 0 Å². The van der Waals surface area contributed by atoms with Crippen molar-refractivity contribution in [3.05, 3.63) is 28.6 Å². The van der Waals surface area contributed by atoms with Crippen LogP contribution in [-0.4, -0.2) is 7.11 Å². The molecular formula is C13H14OS. The number of thiophene rings is 1. The largest absolute Gasteiger partial charge is 0.495 e. The molecule has 2 aromatic rings. The van der Waals surface area contributed by atoms with E-state index in [1.807, 2.05) is 11.3 Å². The van der Waals surface area contributed by atoms with Gasteiger partial charge < -0.3 is 4.74 Å². The topological polar surface area (TPSA) is 9.23 Å². The maximum Gasteiger partial charge on any atom is 0.136 e. The lowest BCUT2D eigenvalue weighted by Gasteiger charge is -2.10. The van der Waals surface area contributed by atoms with Crippen LogP contribution in [0.3, 0.4) is 0 Å². The van der Waals surface area contributed by atoms with Gasteiger partial charge >= 0.3 is 0 Å². The fourth-order valence-electron chi connectivity index (χ4n) is 2.42. The lowest BCUT2D eigenvalue weighted by Crippen LogP contribution is -1.97. The molecule has 15 heavy (non-hydrogen) atoms. The third kappa shape index (κ3) is 1.36. The Morgan fingerprint density at radius 2 is 2.07 bits per heavy atom. The van der Waals surface area contributed by atoms with Crippen LogP contribution in [0.2, 0.25) is 0 Å². The Morgan fingerprint density at radius 1 is 1.20 bits per heavy atom. The molecule has 1 aliphatic rings. The van der Waals surface area contributed by atoms with Gasteiger partial charge in [0.05, 0.1) is 11.8 Å². The molecule has 1 aliphatic carbocycles. The van der Waals surface area contributed by atoms with Crippen LogP contribution in [0.15, 0.2) is 18.2 Å². The third-order valence-corrected chi connectivity index (χ3v) is 4.49. The van der Waals surface area contributed by atoms with Crippen molar-refractivity contribution < 1.29 is 4.74 Å². The first-order valence-electron chi connectivity index (χ1n) is 5.47. The highest BCUT2D eigenvalue weighted by Crippen LogP contribution is 2.40. The fraction of sp³-hybridized carbons (Fsp3) is 0.385. The van der Waals surface area contributed by atoms with Gasteiger partial charge in [-0.3, -0.25) is 0 Å². The van der Waals surface area contributed by atoms with Crippen molar-refractivity contribution in [2.24, 2.45) is 0 Å². The third-order valence-electron chi connectivity index (χ3n) is 3.17. The number of fused-ring (bicyclic) bond motifs is 3. The lowest BCUT2D eigenvalue weighted by atomic mass is 9.96. The average molecular weight is 218 g/mol. The molecule has 0 saturated carbocycles. The smallest absolute Gasteiger partial charge is 0.136 e. The molecule has 0 N–H and O–H groups in total. The molecule has 1 aromatic heterocycles. The zero-order valence-electron chi connectivity index (χ0n) is 8.88. The van der Waals surface area contributed by atoms with Gasteiger partial charge in [-0.25, -0.2) is 0 Å². The van der Waals surface area contributed by atoms with Gasteiger partial charge in [-0.15, -0.1) is 11.3 Å². The Labute approximate surface area is 93.7 Å². The van der Waals surface area contributed by atoms with Gasteiger partial charge in [0.1, 0.15) is 5.75 Å². The molecule has 0 bridgehead atoms. The highest BCUT2D eigenvalue weighted by atomic mass is 32.1. The predicted molar refractivity (Wildman–Crippen MR) is 65.0 cm³/mol. The highest BCUT2D eigenvalue weighted by molar-refractivity contribution is 7.19. The van der Waals surface area contributed by atoms with Crippen LogP contribution in [0.1, 0.15) is 23.3 Å². The van der Waals surface area contributed by atoms with E-state index in [-0.39, 0.29) is 0 Å². The molecule has 1 nitrogen and oxygen atoms in total. The number of ether oxygens (including phenoxy) is 1. The Morgan fingerprint density at radius 3 is 2.93 bits per heavy atom. The quantitative estimate of drug-likeness (QED) is 0.707. The van der Waals surface area contributed by atoms with E-state index in [0.29, 0.717) is 0 Å². The van der Waals surface area contributed by atoms with Crippen LogP contribution < -0.4 is 4.74 Å². The predicted octanol–water partition coefficient (Wildman–Crippen LogP) is 3.79. The van der Waals surface area contributed by atoms with Gasteiger partial charge in [0, 0.05) is 4.88 Å².